The SMILES string of the molecule is CCn1c(=O)c(C(=O)CN2CCCCC2)c(N)n(Cc2ccc(OC(C)C)cc2)c1=O.NC=O. The van der Waals surface area contributed by atoms with Gasteiger partial charge in [-0.25, -0.2) is 4.79 Å². The van der Waals surface area contributed by atoms with E-state index in [1.807, 2.05) is 43.0 Å². The zero-order chi connectivity index (χ0) is 25.3. The summed E-state index contributed by atoms with van der Waals surface area (Å²) in [5.74, 6) is 0.334. The minimum atomic E-state index is -0.607. The normalized spacial score (nSPS) is 13.8. The van der Waals surface area contributed by atoms with E-state index >= 15 is 0 Å². The minimum Gasteiger partial charge on any atom is -0.491 e. The van der Waals surface area contributed by atoms with Crippen molar-refractivity contribution in [1.82, 2.24) is 14.0 Å². The van der Waals surface area contributed by atoms with Crippen LogP contribution >= 0.6 is 0 Å². The molecule has 1 fully saturated rings. The summed E-state index contributed by atoms with van der Waals surface area (Å²) in [6.07, 6.45) is 3.54. The van der Waals surface area contributed by atoms with Crippen molar-refractivity contribution in [3.63, 3.8) is 0 Å². The number of piperidine rings is 1. The van der Waals surface area contributed by atoms with Crippen molar-refractivity contribution in [3.8, 4) is 5.75 Å². The highest BCUT2D eigenvalue weighted by Gasteiger charge is 2.24. The molecular weight excluding hydrogens is 438 g/mol. The Kier molecular flexibility index (Phi) is 10.1. The number of ketones is 1. The highest BCUT2D eigenvalue weighted by atomic mass is 16.5. The summed E-state index contributed by atoms with van der Waals surface area (Å²) in [4.78, 5) is 49.5. The van der Waals surface area contributed by atoms with Gasteiger partial charge in [-0.1, -0.05) is 18.6 Å². The van der Waals surface area contributed by atoms with Gasteiger partial charge in [-0.3, -0.25) is 28.4 Å². The number of carbonyl (C=O) groups excluding carboxylic acids is 2. The second-order valence-corrected chi connectivity index (χ2v) is 8.38. The van der Waals surface area contributed by atoms with Crippen LogP contribution in [0.2, 0.25) is 0 Å². The first-order valence-electron chi connectivity index (χ1n) is 11.5. The Morgan fingerprint density at radius 1 is 1.09 bits per heavy atom. The summed E-state index contributed by atoms with van der Waals surface area (Å²) in [5.41, 5.74) is 10.0. The van der Waals surface area contributed by atoms with Gasteiger partial charge in [0.2, 0.25) is 6.41 Å². The van der Waals surface area contributed by atoms with E-state index < -0.39 is 11.2 Å². The van der Waals surface area contributed by atoms with Crippen LogP contribution in [0.15, 0.2) is 33.9 Å². The molecule has 1 saturated heterocycles. The summed E-state index contributed by atoms with van der Waals surface area (Å²) in [5, 5.41) is 0. The fraction of sp³-hybridized carbons (Fsp3) is 0.500. The number of benzene rings is 1. The monoisotopic (exact) mass is 473 g/mol. The molecule has 10 heteroatoms. The van der Waals surface area contributed by atoms with Gasteiger partial charge in [-0.2, -0.15) is 0 Å². The van der Waals surface area contributed by atoms with Crippen LogP contribution in [0.5, 0.6) is 5.75 Å². The molecule has 2 heterocycles. The van der Waals surface area contributed by atoms with E-state index in [0.29, 0.717) is 0 Å². The molecule has 1 aliphatic rings. The topological polar surface area (TPSA) is 143 Å². The molecule has 0 unspecified atom stereocenters. The molecule has 0 aliphatic carbocycles. The predicted molar refractivity (Wildman–Crippen MR) is 131 cm³/mol. The average molecular weight is 474 g/mol. The van der Waals surface area contributed by atoms with E-state index in [9.17, 15) is 14.4 Å². The first-order valence-corrected chi connectivity index (χ1v) is 11.5. The molecule has 4 N–H and O–H groups in total. The molecule has 1 amide bonds. The van der Waals surface area contributed by atoms with Crippen LogP contribution in [0.25, 0.3) is 0 Å². The van der Waals surface area contributed by atoms with Crippen LogP contribution in [0, 0.1) is 0 Å². The molecule has 0 radical (unpaired) electrons. The molecule has 10 nitrogen and oxygen atoms in total. The summed E-state index contributed by atoms with van der Waals surface area (Å²) in [6, 6.07) is 7.35. The van der Waals surface area contributed by atoms with Gasteiger partial charge in [0.25, 0.3) is 5.56 Å². The summed E-state index contributed by atoms with van der Waals surface area (Å²) < 4.78 is 8.05. The van der Waals surface area contributed by atoms with Crippen molar-refractivity contribution in [3.05, 3.63) is 56.2 Å². The average Bonchev–Trinajstić information content (AvgIpc) is 2.79. The third kappa shape index (κ3) is 6.80. The number of aromatic nitrogens is 2. The largest absolute Gasteiger partial charge is 0.491 e. The van der Waals surface area contributed by atoms with Crippen molar-refractivity contribution in [2.75, 3.05) is 25.4 Å². The van der Waals surface area contributed by atoms with Crippen LogP contribution in [0.1, 0.15) is 56.0 Å². The van der Waals surface area contributed by atoms with E-state index in [-0.39, 0.29) is 49.3 Å². The molecule has 0 saturated carbocycles. The maximum atomic E-state index is 13.0. The molecule has 3 rings (SSSR count). The number of anilines is 1. The lowest BCUT2D eigenvalue weighted by atomic mass is 10.1. The molecule has 1 aliphatic heterocycles. The summed E-state index contributed by atoms with van der Waals surface area (Å²) in [6.45, 7) is 7.74. The number of nitrogens with zero attached hydrogens (tertiary/aromatic N) is 3. The van der Waals surface area contributed by atoms with Crippen molar-refractivity contribution >= 4 is 18.0 Å². The van der Waals surface area contributed by atoms with Crippen molar-refractivity contribution in [2.45, 2.75) is 59.2 Å². The first kappa shape index (κ1) is 26.8. The van der Waals surface area contributed by atoms with Gasteiger partial charge in [0.05, 0.1) is 19.2 Å². The molecule has 1 aromatic carbocycles. The number of nitrogen functional groups attached to an aromatic ring is 1. The highest BCUT2D eigenvalue weighted by Crippen LogP contribution is 2.16. The Morgan fingerprint density at radius 3 is 2.21 bits per heavy atom. The molecule has 1 aromatic heterocycles. The van der Waals surface area contributed by atoms with Gasteiger partial charge in [0.15, 0.2) is 5.78 Å². The van der Waals surface area contributed by atoms with Crippen LogP contribution in [-0.2, 0) is 17.9 Å². The summed E-state index contributed by atoms with van der Waals surface area (Å²) >= 11 is 0. The van der Waals surface area contributed by atoms with Gasteiger partial charge in [-0.15, -0.1) is 0 Å². The van der Waals surface area contributed by atoms with E-state index in [1.165, 1.54) is 4.57 Å². The maximum Gasteiger partial charge on any atom is 0.332 e. The number of ether oxygens (including phenoxy) is 1. The molecule has 186 valence electrons. The summed E-state index contributed by atoms with van der Waals surface area (Å²) in [7, 11) is 0. The van der Waals surface area contributed by atoms with Crippen LogP contribution in [0.3, 0.4) is 0 Å². The highest BCUT2D eigenvalue weighted by molar-refractivity contribution is 6.01. The molecule has 0 atom stereocenters. The predicted octanol–water partition coefficient (Wildman–Crippen LogP) is 1.22. The van der Waals surface area contributed by atoms with E-state index in [4.69, 9.17) is 15.3 Å². The fourth-order valence-electron chi connectivity index (χ4n) is 3.94. The first-order chi connectivity index (χ1) is 16.2. The standard InChI is InChI=1S/C23H32N4O4.CH3NO/c1-4-26-22(29)20(19(28)15-25-12-6-5-7-13-25)21(24)27(23(26)30)14-17-8-10-18(11-9-17)31-16(2)3;2-1-3/h8-11,16H,4-7,12-15,24H2,1-3H3;1H,(H2,2,3). The Labute approximate surface area is 199 Å². The minimum absolute atomic E-state index is 0.0608. The number of amides is 1. The lowest BCUT2D eigenvalue weighted by molar-refractivity contribution is -0.106. The van der Waals surface area contributed by atoms with Crippen LogP contribution < -0.4 is 27.5 Å². The Morgan fingerprint density at radius 2 is 1.68 bits per heavy atom. The lowest BCUT2D eigenvalue weighted by Crippen LogP contribution is -2.45. The second kappa shape index (κ2) is 12.7. The number of rotatable bonds is 8. The Balaban J connectivity index is 0.00000129. The van der Waals surface area contributed by atoms with Crippen LogP contribution in [0.4, 0.5) is 5.82 Å². The molecule has 0 bridgehead atoms. The number of hydrogen-bond donors (Lipinski definition) is 2. The third-order valence-corrected chi connectivity index (χ3v) is 5.51. The second-order valence-electron chi connectivity index (χ2n) is 8.38. The Bertz CT molecular complexity index is 1080. The zero-order valence-electron chi connectivity index (χ0n) is 20.2. The third-order valence-electron chi connectivity index (χ3n) is 5.51. The lowest BCUT2D eigenvalue weighted by Gasteiger charge is -2.26. The smallest absolute Gasteiger partial charge is 0.332 e. The number of carbonyl (C=O) groups is 2. The van der Waals surface area contributed by atoms with Gasteiger partial charge in [0, 0.05) is 6.54 Å². The van der Waals surface area contributed by atoms with Gasteiger partial charge < -0.3 is 16.2 Å². The Hall–Kier alpha value is -3.40. The van der Waals surface area contributed by atoms with Gasteiger partial charge in [0.1, 0.15) is 17.1 Å². The number of hydrogen-bond acceptors (Lipinski definition) is 7. The van der Waals surface area contributed by atoms with Gasteiger partial charge >= 0.3 is 5.69 Å². The number of likely N-dealkylation sites (tertiary alicyclic amines) is 1. The molecule has 0 spiro atoms. The number of Topliss-reactive ketones (excluding diaryl/α,β-unsaturated/α-hetero) is 1. The molecule has 2 aromatic rings. The van der Waals surface area contributed by atoms with Gasteiger partial charge in [-0.05, 0) is 64.4 Å². The molecule has 34 heavy (non-hydrogen) atoms. The van der Waals surface area contributed by atoms with E-state index in [1.54, 1.807) is 6.92 Å². The van der Waals surface area contributed by atoms with Crippen molar-refractivity contribution in [1.29, 1.82) is 0 Å². The van der Waals surface area contributed by atoms with E-state index in [0.717, 1.165) is 48.2 Å². The number of nitrogens with two attached hydrogens (primary N) is 2. The number of primary amides is 1. The fourth-order valence-corrected chi connectivity index (χ4v) is 3.94. The maximum absolute atomic E-state index is 13.0. The van der Waals surface area contributed by atoms with Crippen LogP contribution in [-0.4, -0.2) is 52.0 Å². The molecular formula is C24H35N5O5. The van der Waals surface area contributed by atoms with E-state index in [2.05, 4.69) is 5.73 Å². The quantitative estimate of drug-likeness (QED) is 0.433. The zero-order valence-corrected chi connectivity index (χ0v) is 20.2. The van der Waals surface area contributed by atoms with Crippen molar-refractivity contribution < 1.29 is 14.3 Å². The van der Waals surface area contributed by atoms with Crippen molar-refractivity contribution in [2.24, 2.45) is 5.73 Å².